The van der Waals surface area contributed by atoms with E-state index in [1.54, 1.807) is 0 Å². The van der Waals surface area contributed by atoms with Gasteiger partial charge in [0.15, 0.2) is 0 Å². The van der Waals surface area contributed by atoms with Gasteiger partial charge in [-0.25, -0.2) is 0 Å². The van der Waals surface area contributed by atoms with E-state index in [-0.39, 0.29) is 0 Å². The normalized spacial score (nSPS) is 26.6. The van der Waals surface area contributed by atoms with Gasteiger partial charge < -0.3 is 5.32 Å². The fourth-order valence-corrected chi connectivity index (χ4v) is 3.60. The first-order valence-electron chi connectivity index (χ1n) is 7.72. The zero-order chi connectivity index (χ0) is 15.0. The van der Waals surface area contributed by atoms with Crippen LogP contribution in [0.2, 0.25) is 0 Å². The van der Waals surface area contributed by atoms with Gasteiger partial charge in [-0.05, 0) is 41.9 Å². The van der Waals surface area contributed by atoms with Crippen LogP contribution >= 0.6 is 15.9 Å². The fourth-order valence-electron chi connectivity index (χ4n) is 3.20. The van der Waals surface area contributed by atoms with Crippen molar-refractivity contribution in [1.29, 1.82) is 0 Å². The number of hydrogen-bond donors (Lipinski definition) is 1. The lowest BCUT2D eigenvalue weighted by molar-refractivity contribution is 0.0437. The van der Waals surface area contributed by atoms with Gasteiger partial charge in [-0.15, -0.1) is 0 Å². The van der Waals surface area contributed by atoms with Crippen molar-refractivity contribution >= 4 is 15.9 Å². The Labute approximate surface area is 132 Å². The number of nitrogens with one attached hydrogen (secondary N) is 1. The van der Waals surface area contributed by atoms with Crippen molar-refractivity contribution in [1.82, 2.24) is 5.32 Å². The van der Waals surface area contributed by atoms with Crippen LogP contribution in [0.3, 0.4) is 0 Å². The van der Waals surface area contributed by atoms with E-state index in [9.17, 15) is 0 Å². The lowest BCUT2D eigenvalue weighted by atomic mass is 9.52. The van der Waals surface area contributed by atoms with E-state index < -0.39 is 0 Å². The summed E-state index contributed by atoms with van der Waals surface area (Å²) in [6.45, 7) is 12.7. The van der Waals surface area contributed by atoms with Crippen LogP contribution in [0.25, 0.3) is 0 Å². The molecule has 0 spiro atoms. The SMILES string of the molecule is CC(C)NCC1(c2cccc(Br)c2)CC(C(C)(C)C)C1. The molecule has 1 nitrogen and oxygen atoms in total. The molecule has 112 valence electrons. The molecule has 0 bridgehead atoms. The first-order valence-corrected chi connectivity index (χ1v) is 8.52. The highest BCUT2D eigenvalue weighted by molar-refractivity contribution is 9.10. The third-order valence-electron chi connectivity index (χ3n) is 4.78. The van der Waals surface area contributed by atoms with Gasteiger partial charge in [0, 0.05) is 22.5 Å². The average molecular weight is 338 g/mol. The van der Waals surface area contributed by atoms with Gasteiger partial charge in [0.2, 0.25) is 0 Å². The second-order valence-corrected chi connectivity index (χ2v) is 8.71. The molecule has 1 N–H and O–H groups in total. The van der Waals surface area contributed by atoms with E-state index in [4.69, 9.17) is 0 Å². The molecule has 20 heavy (non-hydrogen) atoms. The maximum Gasteiger partial charge on any atom is 0.0178 e. The monoisotopic (exact) mass is 337 g/mol. The van der Waals surface area contributed by atoms with Gasteiger partial charge in [-0.1, -0.05) is 62.7 Å². The van der Waals surface area contributed by atoms with E-state index in [1.807, 2.05) is 0 Å². The van der Waals surface area contributed by atoms with E-state index in [1.165, 1.54) is 22.9 Å². The largest absolute Gasteiger partial charge is 0.314 e. The molecule has 0 amide bonds. The highest BCUT2D eigenvalue weighted by Crippen LogP contribution is 2.54. The molecule has 1 aromatic carbocycles. The van der Waals surface area contributed by atoms with E-state index in [2.05, 4.69) is 80.1 Å². The first kappa shape index (κ1) is 16.0. The molecule has 0 aliphatic heterocycles. The summed E-state index contributed by atoms with van der Waals surface area (Å²) in [6.07, 6.45) is 2.60. The van der Waals surface area contributed by atoms with Crippen LogP contribution in [0, 0.1) is 11.3 Å². The molecule has 1 aromatic rings. The fraction of sp³-hybridized carbons (Fsp3) is 0.667. The van der Waals surface area contributed by atoms with Crippen LogP contribution in [0.5, 0.6) is 0 Å². The molecule has 1 fully saturated rings. The highest BCUT2D eigenvalue weighted by Gasteiger charge is 2.49. The predicted molar refractivity (Wildman–Crippen MR) is 91.1 cm³/mol. The average Bonchev–Trinajstić information content (AvgIpc) is 2.25. The van der Waals surface area contributed by atoms with Gasteiger partial charge in [-0.3, -0.25) is 0 Å². The van der Waals surface area contributed by atoms with E-state index in [0.29, 0.717) is 16.9 Å². The van der Waals surface area contributed by atoms with Crippen molar-refractivity contribution in [2.45, 2.75) is 58.9 Å². The molecule has 0 aromatic heterocycles. The van der Waals surface area contributed by atoms with Crippen LogP contribution in [0.4, 0.5) is 0 Å². The minimum atomic E-state index is 0.325. The van der Waals surface area contributed by atoms with Gasteiger partial charge >= 0.3 is 0 Å². The Morgan fingerprint density at radius 2 is 1.95 bits per heavy atom. The summed E-state index contributed by atoms with van der Waals surface area (Å²) in [6, 6.07) is 9.44. The minimum absolute atomic E-state index is 0.325. The molecule has 0 unspecified atom stereocenters. The molecule has 1 aliphatic rings. The van der Waals surface area contributed by atoms with Crippen LogP contribution < -0.4 is 5.32 Å². The van der Waals surface area contributed by atoms with E-state index >= 15 is 0 Å². The second kappa shape index (κ2) is 5.81. The van der Waals surface area contributed by atoms with Crippen molar-refractivity contribution in [3.63, 3.8) is 0 Å². The Morgan fingerprint density at radius 1 is 1.30 bits per heavy atom. The Bertz CT molecular complexity index is 453. The standard InChI is InChI=1S/C18H28BrN/c1-13(2)20-12-18(10-15(11-18)17(3,4)5)14-7-6-8-16(19)9-14/h6-9,13,15,20H,10-12H2,1-5H3. The van der Waals surface area contributed by atoms with Crippen molar-refractivity contribution in [2.24, 2.45) is 11.3 Å². The Hall–Kier alpha value is -0.340. The molecule has 0 atom stereocenters. The quantitative estimate of drug-likeness (QED) is 0.801. The number of hydrogen-bond acceptors (Lipinski definition) is 1. The molecule has 1 saturated carbocycles. The number of benzene rings is 1. The predicted octanol–water partition coefficient (Wildman–Crippen LogP) is 5.14. The van der Waals surface area contributed by atoms with Crippen LogP contribution in [-0.2, 0) is 5.41 Å². The first-order chi connectivity index (χ1) is 9.23. The molecule has 2 heteroatoms. The van der Waals surface area contributed by atoms with Crippen molar-refractivity contribution in [3.05, 3.63) is 34.3 Å². The van der Waals surface area contributed by atoms with Gasteiger partial charge in [0.05, 0.1) is 0 Å². The summed E-state index contributed by atoms with van der Waals surface area (Å²) in [5.74, 6) is 0.829. The zero-order valence-corrected chi connectivity index (χ0v) is 15.0. The summed E-state index contributed by atoms with van der Waals surface area (Å²) >= 11 is 3.62. The maximum absolute atomic E-state index is 3.66. The molecule has 0 heterocycles. The Kier molecular flexibility index (Phi) is 4.66. The van der Waals surface area contributed by atoms with Crippen LogP contribution in [0.1, 0.15) is 53.0 Å². The third-order valence-corrected chi connectivity index (χ3v) is 5.28. The topological polar surface area (TPSA) is 12.0 Å². The summed E-state index contributed by atoms with van der Waals surface area (Å²) in [7, 11) is 0. The maximum atomic E-state index is 3.66. The summed E-state index contributed by atoms with van der Waals surface area (Å²) in [5, 5.41) is 3.66. The van der Waals surface area contributed by atoms with Gasteiger partial charge in [-0.2, -0.15) is 0 Å². The zero-order valence-electron chi connectivity index (χ0n) is 13.5. The Morgan fingerprint density at radius 3 is 2.45 bits per heavy atom. The summed E-state index contributed by atoms with van der Waals surface area (Å²) < 4.78 is 1.19. The van der Waals surface area contributed by atoms with Crippen LogP contribution in [-0.4, -0.2) is 12.6 Å². The summed E-state index contributed by atoms with van der Waals surface area (Å²) in [4.78, 5) is 0. The van der Waals surface area contributed by atoms with Crippen molar-refractivity contribution in [2.75, 3.05) is 6.54 Å². The molecule has 0 saturated heterocycles. The van der Waals surface area contributed by atoms with E-state index in [0.717, 1.165) is 12.5 Å². The Balaban J connectivity index is 2.19. The smallest absolute Gasteiger partial charge is 0.0178 e. The molecule has 2 rings (SSSR count). The molecular weight excluding hydrogens is 310 g/mol. The van der Waals surface area contributed by atoms with Crippen molar-refractivity contribution in [3.8, 4) is 0 Å². The molecular formula is C18H28BrN. The lowest BCUT2D eigenvalue weighted by Crippen LogP contribution is -2.53. The van der Waals surface area contributed by atoms with Gasteiger partial charge in [0.1, 0.15) is 0 Å². The van der Waals surface area contributed by atoms with Crippen LogP contribution in [0.15, 0.2) is 28.7 Å². The van der Waals surface area contributed by atoms with Gasteiger partial charge in [0.25, 0.3) is 0 Å². The second-order valence-electron chi connectivity index (χ2n) is 7.80. The summed E-state index contributed by atoms with van der Waals surface area (Å²) in [5.41, 5.74) is 2.24. The highest BCUT2D eigenvalue weighted by atomic mass is 79.9. The number of halogens is 1. The third kappa shape index (κ3) is 3.46. The lowest BCUT2D eigenvalue weighted by Gasteiger charge is -2.54. The molecule has 1 aliphatic carbocycles. The van der Waals surface area contributed by atoms with Crippen molar-refractivity contribution < 1.29 is 0 Å². The molecule has 0 radical (unpaired) electrons. The number of rotatable bonds is 4. The minimum Gasteiger partial charge on any atom is -0.314 e.